The topological polar surface area (TPSA) is 77.8 Å². The van der Waals surface area contributed by atoms with Gasteiger partial charge < -0.3 is 19.2 Å². The second kappa shape index (κ2) is 8.71. The molecule has 0 bridgehead atoms. The fourth-order valence-corrected chi connectivity index (χ4v) is 2.38. The Bertz CT molecular complexity index is 900. The van der Waals surface area contributed by atoms with Crippen molar-refractivity contribution < 1.29 is 23.5 Å². The van der Waals surface area contributed by atoms with Crippen LogP contribution in [0.15, 0.2) is 71.3 Å². The van der Waals surface area contributed by atoms with Crippen LogP contribution < -0.4 is 10.1 Å². The Balaban J connectivity index is 1.45. The zero-order chi connectivity index (χ0) is 19.1. The Morgan fingerprint density at radius 1 is 1.00 bits per heavy atom. The van der Waals surface area contributed by atoms with Crippen molar-refractivity contribution in [1.29, 1.82) is 0 Å². The molecule has 27 heavy (non-hydrogen) atoms. The second-order valence-electron chi connectivity index (χ2n) is 5.81. The first-order valence-corrected chi connectivity index (χ1v) is 8.39. The molecule has 1 heterocycles. The molecule has 0 saturated heterocycles. The Morgan fingerprint density at radius 3 is 2.41 bits per heavy atom. The zero-order valence-electron chi connectivity index (χ0n) is 14.8. The fraction of sp³-hybridized carbons (Fsp3) is 0.143. The summed E-state index contributed by atoms with van der Waals surface area (Å²) in [6.45, 7) is 1.74. The maximum atomic E-state index is 11.9. The molecule has 0 aliphatic heterocycles. The van der Waals surface area contributed by atoms with E-state index >= 15 is 0 Å². The highest BCUT2D eigenvalue weighted by Crippen LogP contribution is 2.17. The summed E-state index contributed by atoms with van der Waals surface area (Å²) in [6, 6.07) is 18.3. The molecule has 0 aliphatic carbocycles. The molecule has 0 unspecified atom stereocenters. The summed E-state index contributed by atoms with van der Waals surface area (Å²) in [5.41, 5.74) is 1.97. The number of rotatable bonds is 7. The zero-order valence-corrected chi connectivity index (χ0v) is 14.8. The quantitative estimate of drug-likeness (QED) is 0.641. The number of hydrogen-bond donors (Lipinski definition) is 1. The Kier molecular flexibility index (Phi) is 5.89. The largest absolute Gasteiger partial charge is 0.489 e. The number of anilines is 1. The van der Waals surface area contributed by atoms with Crippen LogP contribution in [0.4, 0.5) is 5.69 Å². The maximum absolute atomic E-state index is 11.9. The molecule has 0 spiro atoms. The minimum absolute atomic E-state index is 0.308. The molecule has 1 N–H and O–H groups in total. The smallest absolute Gasteiger partial charge is 0.342 e. The van der Waals surface area contributed by atoms with Gasteiger partial charge in [-0.2, -0.15) is 0 Å². The second-order valence-corrected chi connectivity index (χ2v) is 5.81. The first-order chi connectivity index (χ1) is 13.1. The molecule has 1 aromatic heterocycles. The molecule has 0 fully saturated rings. The summed E-state index contributed by atoms with van der Waals surface area (Å²) in [4.78, 5) is 23.8. The maximum Gasteiger partial charge on any atom is 0.342 e. The Hall–Kier alpha value is -3.54. The van der Waals surface area contributed by atoms with Crippen molar-refractivity contribution in [2.45, 2.75) is 13.5 Å². The lowest BCUT2D eigenvalue weighted by molar-refractivity contribution is -0.119. The van der Waals surface area contributed by atoms with Crippen LogP contribution in [0.2, 0.25) is 0 Å². The number of esters is 1. The minimum Gasteiger partial charge on any atom is -0.489 e. The summed E-state index contributed by atoms with van der Waals surface area (Å²) in [7, 11) is 0. The van der Waals surface area contributed by atoms with Crippen LogP contribution in [0, 0.1) is 6.92 Å². The third kappa shape index (κ3) is 5.22. The van der Waals surface area contributed by atoms with Crippen LogP contribution in [0.25, 0.3) is 0 Å². The van der Waals surface area contributed by atoms with Gasteiger partial charge in [0.15, 0.2) is 6.61 Å². The van der Waals surface area contributed by atoms with Gasteiger partial charge in [-0.05, 0) is 42.8 Å². The number of furan rings is 1. The molecule has 6 heteroatoms. The molecule has 0 atom stereocenters. The average molecular weight is 365 g/mol. The van der Waals surface area contributed by atoms with Crippen molar-refractivity contribution in [2.75, 3.05) is 11.9 Å². The monoisotopic (exact) mass is 365 g/mol. The lowest BCUT2D eigenvalue weighted by Crippen LogP contribution is -2.21. The van der Waals surface area contributed by atoms with E-state index in [1.54, 1.807) is 31.2 Å². The molecule has 138 valence electrons. The van der Waals surface area contributed by atoms with Crippen LogP contribution in [-0.4, -0.2) is 18.5 Å². The van der Waals surface area contributed by atoms with Crippen LogP contribution in [0.1, 0.15) is 21.7 Å². The molecule has 0 radical (unpaired) electrons. The van der Waals surface area contributed by atoms with Crippen LogP contribution in [0.5, 0.6) is 5.75 Å². The average Bonchev–Trinajstić information content (AvgIpc) is 3.12. The summed E-state index contributed by atoms with van der Waals surface area (Å²) in [5.74, 6) is 0.119. The molecule has 2 aromatic carbocycles. The highest BCUT2D eigenvalue weighted by atomic mass is 16.5. The predicted molar refractivity (Wildman–Crippen MR) is 99.6 cm³/mol. The number of nitrogens with one attached hydrogen (secondary N) is 1. The van der Waals surface area contributed by atoms with E-state index in [1.165, 1.54) is 12.3 Å². The van der Waals surface area contributed by atoms with E-state index < -0.39 is 11.9 Å². The van der Waals surface area contributed by atoms with Gasteiger partial charge in [-0.25, -0.2) is 4.79 Å². The lowest BCUT2D eigenvalue weighted by Gasteiger charge is -2.09. The number of carbonyl (C=O) groups excluding carboxylic acids is 2. The van der Waals surface area contributed by atoms with Crippen molar-refractivity contribution >= 4 is 17.6 Å². The molecule has 3 rings (SSSR count). The van der Waals surface area contributed by atoms with Gasteiger partial charge in [0, 0.05) is 5.69 Å². The van der Waals surface area contributed by atoms with E-state index in [1.807, 2.05) is 30.3 Å². The number of benzene rings is 2. The summed E-state index contributed by atoms with van der Waals surface area (Å²) in [5, 5.41) is 2.66. The van der Waals surface area contributed by atoms with Gasteiger partial charge in [0.25, 0.3) is 5.91 Å². The van der Waals surface area contributed by atoms with E-state index in [2.05, 4.69) is 5.32 Å². The van der Waals surface area contributed by atoms with Gasteiger partial charge in [-0.1, -0.05) is 30.3 Å². The van der Waals surface area contributed by atoms with Crippen LogP contribution in [-0.2, 0) is 16.1 Å². The highest BCUT2D eigenvalue weighted by molar-refractivity contribution is 5.95. The van der Waals surface area contributed by atoms with Gasteiger partial charge in [0.1, 0.15) is 23.7 Å². The van der Waals surface area contributed by atoms with E-state index in [0.717, 1.165) is 5.56 Å². The Labute approximate surface area is 156 Å². The summed E-state index contributed by atoms with van der Waals surface area (Å²) in [6.07, 6.45) is 1.40. The summed E-state index contributed by atoms with van der Waals surface area (Å²) < 4.78 is 15.7. The first-order valence-electron chi connectivity index (χ1n) is 8.39. The predicted octanol–water partition coefficient (Wildman–Crippen LogP) is 3.96. The van der Waals surface area contributed by atoms with Crippen molar-refractivity contribution in [3.05, 3.63) is 83.8 Å². The van der Waals surface area contributed by atoms with Crippen molar-refractivity contribution in [1.82, 2.24) is 0 Å². The standard InChI is InChI=1S/C21H19NO5/c1-15-19(11-12-25-15)21(24)27-14-20(23)22-17-7-9-18(10-8-17)26-13-16-5-3-2-4-6-16/h2-12H,13-14H2,1H3,(H,22,23). The molecule has 3 aromatic rings. The van der Waals surface area contributed by atoms with Crippen molar-refractivity contribution in [3.63, 3.8) is 0 Å². The number of carbonyl (C=O) groups is 2. The molecule has 0 aliphatic rings. The van der Waals surface area contributed by atoms with E-state index in [4.69, 9.17) is 13.9 Å². The van der Waals surface area contributed by atoms with E-state index in [9.17, 15) is 9.59 Å². The van der Waals surface area contributed by atoms with E-state index in [-0.39, 0.29) is 6.61 Å². The number of hydrogen-bond acceptors (Lipinski definition) is 5. The van der Waals surface area contributed by atoms with Crippen LogP contribution >= 0.6 is 0 Å². The fourth-order valence-electron chi connectivity index (χ4n) is 2.38. The van der Waals surface area contributed by atoms with Crippen molar-refractivity contribution in [2.24, 2.45) is 0 Å². The molecule has 0 saturated carbocycles. The van der Waals surface area contributed by atoms with E-state index in [0.29, 0.717) is 29.4 Å². The Morgan fingerprint density at radius 2 is 1.74 bits per heavy atom. The SMILES string of the molecule is Cc1occc1C(=O)OCC(=O)Nc1ccc(OCc2ccccc2)cc1. The van der Waals surface area contributed by atoms with Gasteiger partial charge in [0.2, 0.25) is 0 Å². The molecule has 1 amide bonds. The highest BCUT2D eigenvalue weighted by Gasteiger charge is 2.14. The lowest BCUT2D eigenvalue weighted by atomic mass is 10.2. The van der Waals surface area contributed by atoms with Crippen molar-refractivity contribution in [3.8, 4) is 5.75 Å². The summed E-state index contributed by atoms with van der Waals surface area (Å²) >= 11 is 0. The van der Waals surface area contributed by atoms with Gasteiger partial charge >= 0.3 is 5.97 Å². The normalized spacial score (nSPS) is 10.3. The molecular formula is C21H19NO5. The van der Waals surface area contributed by atoms with Gasteiger partial charge in [-0.15, -0.1) is 0 Å². The third-order valence-electron chi connectivity index (χ3n) is 3.80. The minimum atomic E-state index is -0.596. The number of ether oxygens (including phenoxy) is 2. The van der Waals surface area contributed by atoms with Crippen LogP contribution in [0.3, 0.4) is 0 Å². The third-order valence-corrected chi connectivity index (χ3v) is 3.80. The molecular weight excluding hydrogens is 346 g/mol. The van der Waals surface area contributed by atoms with Gasteiger partial charge in [0.05, 0.1) is 6.26 Å². The molecule has 6 nitrogen and oxygen atoms in total. The first kappa shape index (κ1) is 18.3. The number of aryl methyl sites for hydroxylation is 1. The van der Waals surface area contributed by atoms with Gasteiger partial charge in [-0.3, -0.25) is 4.79 Å². The number of amides is 1.